The van der Waals surface area contributed by atoms with Crippen molar-refractivity contribution in [1.29, 1.82) is 0 Å². The zero-order valence-electron chi connectivity index (χ0n) is 12.0. The normalized spacial score (nSPS) is 13.7. The molecule has 0 rings (SSSR count). The molecule has 5 N–H and O–H groups in total. The smallest absolute Gasteiger partial charge is 0.326 e. The van der Waals surface area contributed by atoms with Crippen LogP contribution in [0.3, 0.4) is 0 Å². The molecule has 0 bridgehead atoms. The molecule has 8 heteroatoms. The highest BCUT2D eigenvalue weighted by Gasteiger charge is 2.23. The van der Waals surface area contributed by atoms with E-state index in [9.17, 15) is 14.4 Å². The molecule has 0 heterocycles. The molecule has 116 valence electrons. The number of nitrogens with two attached hydrogens (primary N) is 1. The Labute approximate surface area is 123 Å². The second-order valence-electron chi connectivity index (χ2n) is 4.88. The van der Waals surface area contributed by atoms with Gasteiger partial charge in [-0.15, -0.1) is 11.8 Å². The highest BCUT2D eigenvalue weighted by atomic mass is 32.2. The van der Waals surface area contributed by atoms with Crippen LogP contribution in [0.1, 0.15) is 27.2 Å². The van der Waals surface area contributed by atoms with Crippen LogP contribution in [-0.4, -0.2) is 46.6 Å². The van der Waals surface area contributed by atoms with Crippen LogP contribution in [0.2, 0.25) is 0 Å². The molecule has 0 aromatic carbocycles. The molecule has 2 amide bonds. The third kappa shape index (κ3) is 8.76. The Balaban J connectivity index is 4.15. The molecule has 0 unspecified atom stereocenters. The van der Waals surface area contributed by atoms with Gasteiger partial charge in [-0.1, -0.05) is 13.8 Å². The Morgan fingerprint density at radius 1 is 1.30 bits per heavy atom. The minimum Gasteiger partial charge on any atom is -0.480 e. The molecule has 0 aliphatic carbocycles. The number of carboxylic acid groups (broad SMARTS) is 1. The van der Waals surface area contributed by atoms with Crippen molar-refractivity contribution in [2.24, 2.45) is 11.7 Å². The van der Waals surface area contributed by atoms with Gasteiger partial charge in [0.15, 0.2) is 0 Å². The average Bonchev–Trinajstić information content (AvgIpc) is 2.32. The number of hydrogen-bond acceptors (Lipinski definition) is 5. The van der Waals surface area contributed by atoms with Crippen molar-refractivity contribution in [1.82, 2.24) is 10.6 Å². The van der Waals surface area contributed by atoms with Gasteiger partial charge >= 0.3 is 5.97 Å². The summed E-state index contributed by atoms with van der Waals surface area (Å²) in [5, 5.41) is 14.0. The number of carbonyl (C=O) groups is 3. The summed E-state index contributed by atoms with van der Waals surface area (Å²) in [5.41, 5.74) is 5.67. The van der Waals surface area contributed by atoms with Gasteiger partial charge in [0.25, 0.3) is 0 Å². The summed E-state index contributed by atoms with van der Waals surface area (Å²) in [4.78, 5) is 33.4. The van der Waals surface area contributed by atoms with Gasteiger partial charge in [-0.05, 0) is 12.3 Å². The maximum Gasteiger partial charge on any atom is 0.326 e. The highest BCUT2D eigenvalue weighted by molar-refractivity contribution is 7.99. The summed E-state index contributed by atoms with van der Waals surface area (Å²) in [5.74, 6) is -0.885. The number of thioether (sulfide) groups is 1. The molecule has 0 fully saturated rings. The molecule has 0 aliphatic heterocycles. The van der Waals surface area contributed by atoms with E-state index in [1.165, 1.54) is 18.7 Å². The lowest BCUT2D eigenvalue weighted by Crippen LogP contribution is -2.49. The number of nitrogens with one attached hydrogen (secondary N) is 2. The number of carboxylic acids is 1. The summed E-state index contributed by atoms with van der Waals surface area (Å²) in [6.07, 6.45) is 0.354. The second-order valence-corrected chi connectivity index (χ2v) is 5.91. The zero-order chi connectivity index (χ0) is 15.7. The van der Waals surface area contributed by atoms with Gasteiger partial charge in [0.05, 0.1) is 11.9 Å². The monoisotopic (exact) mass is 305 g/mol. The molecule has 0 aromatic heterocycles. The van der Waals surface area contributed by atoms with Gasteiger partial charge in [0, 0.05) is 12.7 Å². The lowest BCUT2D eigenvalue weighted by Gasteiger charge is -2.19. The number of aliphatic carboxylic acids is 1. The lowest BCUT2D eigenvalue weighted by molar-refractivity contribution is -0.142. The summed E-state index contributed by atoms with van der Waals surface area (Å²) in [7, 11) is 0. The van der Waals surface area contributed by atoms with Crippen LogP contribution in [0.15, 0.2) is 0 Å². The van der Waals surface area contributed by atoms with E-state index in [-0.39, 0.29) is 11.8 Å². The van der Waals surface area contributed by atoms with Gasteiger partial charge in [-0.3, -0.25) is 9.59 Å². The van der Waals surface area contributed by atoms with Crippen LogP contribution in [0.4, 0.5) is 0 Å². The fraction of sp³-hybridized carbons (Fsp3) is 0.750. The van der Waals surface area contributed by atoms with Crippen LogP contribution in [0.5, 0.6) is 0 Å². The summed E-state index contributed by atoms with van der Waals surface area (Å²) >= 11 is 1.30. The second kappa shape index (κ2) is 9.60. The van der Waals surface area contributed by atoms with Crippen molar-refractivity contribution >= 4 is 29.5 Å². The Morgan fingerprint density at radius 3 is 2.35 bits per heavy atom. The molecule has 20 heavy (non-hydrogen) atoms. The van der Waals surface area contributed by atoms with Crippen LogP contribution in [0, 0.1) is 5.92 Å². The van der Waals surface area contributed by atoms with Crippen molar-refractivity contribution in [2.75, 3.05) is 11.6 Å². The Hall–Kier alpha value is -1.28. The maximum atomic E-state index is 11.8. The standard InChI is InChI=1S/C12H23N3O4S/c1-7(2)4-10(12(18)19)15-11(17)9(13)5-20-6-14-8(3)16/h7,9-10H,4-6,13H2,1-3H3,(H,14,16)(H,15,17)(H,18,19)/t9-,10-/m0/s1. The molecule has 2 atom stereocenters. The quantitative estimate of drug-likeness (QED) is 0.344. The largest absolute Gasteiger partial charge is 0.480 e. The average molecular weight is 305 g/mol. The van der Waals surface area contributed by atoms with Crippen molar-refractivity contribution in [3.8, 4) is 0 Å². The van der Waals surface area contributed by atoms with Crippen LogP contribution >= 0.6 is 11.8 Å². The van der Waals surface area contributed by atoms with Gasteiger partial charge < -0.3 is 21.5 Å². The number of carbonyl (C=O) groups excluding carboxylic acids is 2. The minimum atomic E-state index is -1.06. The van der Waals surface area contributed by atoms with E-state index in [1.807, 2.05) is 13.8 Å². The fourth-order valence-corrected chi connectivity index (χ4v) is 2.21. The Bertz CT molecular complexity index is 350. The van der Waals surface area contributed by atoms with E-state index < -0.39 is 24.0 Å². The first-order valence-electron chi connectivity index (χ1n) is 6.35. The van der Waals surface area contributed by atoms with Gasteiger partial charge in [0.2, 0.25) is 11.8 Å². The molecule has 0 radical (unpaired) electrons. The first-order valence-corrected chi connectivity index (χ1v) is 7.50. The van der Waals surface area contributed by atoms with Crippen LogP contribution in [0.25, 0.3) is 0 Å². The van der Waals surface area contributed by atoms with E-state index in [2.05, 4.69) is 10.6 Å². The van der Waals surface area contributed by atoms with E-state index in [4.69, 9.17) is 10.8 Å². The third-order valence-corrected chi connectivity index (χ3v) is 3.32. The van der Waals surface area contributed by atoms with Gasteiger partial charge in [-0.25, -0.2) is 4.79 Å². The van der Waals surface area contributed by atoms with Crippen molar-refractivity contribution in [3.63, 3.8) is 0 Å². The van der Waals surface area contributed by atoms with Gasteiger partial charge in [-0.2, -0.15) is 0 Å². The van der Waals surface area contributed by atoms with Crippen molar-refractivity contribution < 1.29 is 19.5 Å². The number of hydrogen-bond donors (Lipinski definition) is 4. The van der Waals surface area contributed by atoms with E-state index in [0.717, 1.165) is 0 Å². The Morgan fingerprint density at radius 2 is 1.90 bits per heavy atom. The summed E-state index contributed by atoms with van der Waals surface area (Å²) in [6.45, 7) is 5.16. The molecule has 0 saturated heterocycles. The molecular formula is C12H23N3O4S. The molecule has 0 aliphatic rings. The fourth-order valence-electron chi connectivity index (χ4n) is 1.39. The predicted octanol–water partition coefficient (Wildman–Crippen LogP) is -0.244. The maximum absolute atomic E-state index is 11.8. The highest BCUT2D eigenvalue weighted by Crippen LogP contribution is 2.06. The van der Waals surface area contributed by atoms with Crippen molar-refractivity contribution in [3.05, 3.63) is 0 Å². The van der Waals surface area contributed by atoms with Crippen molar-refractivity contribution in [2.45, 2.75) is 39.3 Å². The van der Waals surface area contributed by atoms with E-state index in [0.29, 0.717) is 18.1 Å². The molecule has 7 nitrogen and oxygen atoms in total. The molecule has 0 aromatic rings. The third-order valence-electron chi connectivity index (χ3n) is 2.38. The molecule has 0 saturated carbocycles. The van der Waals surface area contributed by atoms with Crippen LogP contribution < -0.4 is 16.4 Å². The van der Waals surface area contributed by atoms with Crippen LogP contribution in [-0.2, 0) is 14.4 Å². The summed E-state index contributed by atoms with van der Waals surface area (Å²) in [6, 6.07) is -1.73. The first-order chi connectivity index (χ1) is 9.23. The SMILES string of the molecule is CC(=O)NCSC[C@H](N)C(=O)N[C@@H](CC(C)C)C(=O)O. The predicted molar refractivity (Wildman–Crippen MR) is 78.1 cm³/mol. The zero-order valence-corrected chi connectivity index (χ0v) is 12.8. The minimum absolute atomic E-state index is 0.154. The number of amides is 2. The Kier molecular flexibility index (Phi) is 8.98. The van der Waals surface area contributed by atoms with Gasteiger partial charge in [0.1, 0.15) is 6.04 Å². The van der Waals surface area contributed by atoms with E-state index in [1.54, 1.807) is 0 Å². The van der Waals surface area contributed by atoms with E-state index >= 15 is 0 Å². The molecule has 0 spiro atoms. The lowest BCUT2D eigenvalue weighted by atomic mass is 10.0. The molecular weight excluding hydrogens is 282 g/mol. The summed E-state index contributed by atoms with van der Waals surface area (Å²) < 4.78 is 0. The first kappa shape index (κ1) is 18.7. The topological polar surface area (TPSA) is 122 Å². The number of rotatable bonds is 9.